The summed E-state index contributed by atoms with van der Waals surface area (Å²) in [5.41, 5.74) is 2.00. The van der Waals surface area contributed by atoms with Crippen LogP contribution in [0.5, 0.6) is 0 Å². The SMILES string of the molecule is O=S1(=O)CCCN1c1ccc(CNC2CC2)cc1. The molecule has 2 fully saturated rings. The Hall–Kier alpha value is -1.07. The van der Waals surface area contributed by atoms with Crippen molar-refractivity contribution in [2.75, 3.05) is 16.6 Å². The van der Waals surface area contributed by atoms with Crippen LogP contribution < -0.4 is 9.62 Å². The van der Waals surface area contributed by atoms with Crippen molar-refractivity contribution < 1.29 is 8.42 Å². The van der Waals surface area contributed by atoms with Crippen LogP contribution in [0, 0.1) is 0 Å². The van der Waals surface area contributed by atoms with E-state index in [1.807, 2.05) is 24.3 Å². The van der Waals surface area contributed by atoms with Gasteiger partial charge < -0.3 is 5.32 Å². The van der Waals surface area contributed by atoms with Gasteiger partial charge in [-0.05, 0) is 37.0 Å². The molecule has 0 unspecified atom stereocenters. The van der Waals surface area contributed by atoms with Gasteiger partial charge in [-0.3, -0.25) is 4.31 Å². The first-order valence-electron chi connectivity index (χ1n) is 6.48. The smallest absolute Gasteiger partial charge is 0.235 e. The molecule has 1 aliphatic heterocycles. The molecule has 0 radical (unpaired) electrons. The van der Waals surface area contributed by atoms with Crippen molar-refractivity contribution in [2.45, 2.75) is 31.8 Å². The molecule has 18 heavy (non-hydrogen) atoms. The number of rotatable bonds is 4. The van der Waals surface area contributed by atoms with Crippen LogP contribution in [-0.2, 0) is 16.6 Å². The Labute approximate surface area is 108 Å². The molecule has 98 valence electrons. The van der Waals surface area contributed by atoms with Crippen molar-refractivity contribution in [3.8, 4) is 0 Å². The molecule has 0 aromatic heterocycles. The minimum absolute atomic E-state index is 0.276. The van der Waals surface area contributed by atoms with Gasteiger partial charge in [0, 0.05) is 19.1 Å². The van der Waals surface area contributed by atoms with Crippen LogP contribution in [0.2, 0.25) is 0 Å². The number of nitrogens with zero attached hydrogens (tertiary/aromatic N) is 1. The van der Waals surface area contributed by atoms with Gasteiger partial charge in [0.25, 0.3) is 0 Å². The van der Waals surface area contributed by atoms with Crippen LogP contribution in [0.1, 0.15) is 24.8 Å². The van der Waals surface area contributed by atoms with Crippen molar-refractivity contribution >= 4 is 15.7 Å². The first kappa shape index (κ1) is 12.0. The Kier molecular flexibility index (Phi) is 3.03. The minimum atomic E-state index is -3.05. The zero-order valence-corrected chi connectivity index (χ0v) is 11.1. The molecule has 1 aromatic carbocycles. The third-order valence-corrected chi connectivity index (χ3v) is 5.37. The van der Waals surface area contributed by atoms with E-state index in [-0.39, 0.29) is 5.75 Å². The third kappa shape index (κ3) is 2.52. The summed E-state index contributed by atoms with van der Waals surface area (Å²) < 4.78 is 25.1. The first-order valence-corrected chi connectivity index (χ1v) is 8.09. The molecule has 0 spiro atoms. The summed E-state index contributed by atoms with van der Waals surface area (Å²) in [4.78, 5) is 0. The van der Waals surface area contributed by atoms with E-state index in [2.05, 4.69) is 5.32 Å². The van der Waals surface area contributed by atoms with E-state index in [0.29, 0.717) is 12.6 Å². The summed E-state index contributed by atoms with van der Waals surface area (Å²) in [5, 5.41) is 3.45. The predicted octanol–water partition coefficient (Wildman–Crippen LogP) is 1.48. The number of nitrogens with one attached hydrogen (secondary N) is 1. The number of benzene rings is 1. The Morgan fingerprint density at radius 2 is 1.94 bits per heavy atom. The molecule has 0 bridgehead atoms. The average molecular weight is 266 g/mol. The maximum atomic E-state index is 11.8. The molecule has 1 saturated heterocycles. The highest BCUT2D eigenvalue weighted by Crippen LogP contribution is 2.24. The van der Waals surface area contributed by atoms with Gasteiger partial charge in [-0.1, -0.05) is 12.1 Å². The van der Waals surface area contributed by atoms with Crippen LogP contribution >= 0.6 is 0 Å². The Morgan fingerprint density at radius 3 is 2.50 bits per heavy atom. The van der Waals surface area contributed by atoms with E-state index >= 15 is 0 Å². The lowest BCUT2D eigenvalue weighted by atomic mass is 10.2. The van der Waals surface area contributed by atoms with Gasteiger partial charge in [0.05, 0.1) is 11.4 Å². The Bertz CT molecular complexity index is 520. The highest BCUT2D eigenvalue weighted by molar-refractivity contribution is 7.93. The maximum absolute atomic E-state index is 11.8. The fourth-order valence-electron chi connectivity index (χ4n) is 2.26. The predicted molar refractivity (Wildman–Crippen MR) is 72.1 cm³/mol. The summed E-state index contributed by atoms with van der Waals surface area (Å²) in [5.74, 6) is 0.276. The molecule has 1 N–H and O–H groups in total. The Balaban J connectivity index is 1.70. The van der Waals surface area contributed by atoms with E-state index in [1.165, 1.54) is 22.7 Å². The number of hydrogen-bond acceptors (Lipinski definition) is 3. The highest BCUT2D eigenvalue weighted by atomic mass is 32.2. The molecule has 1 aromatic rings. The number of hydrogen-bond donors (Lipinski definition) is 1. The normalized spacial score (nSPS) is 22.3. The van der Waals surface area contributed by atoms with E-state index in [4.69, 9.17) is 0 Å². The molecule has 4 nitrogen and oxygen atoms in total. The zero-order valence-electron chi connectivity index (χ0n) is 10.3. The van der Waals surface area contributed by atoms with Crippen molar-refractivity contribution in [1.29, 1.82) is 0 Å². The number of anilines is 1. The summed E-state index contributed by atoms with van der Waals surface area (Å²) in [6.45, 7) is 1.49. The molecule has 2 aliphatic rings. The third-order valence-electron chi connectivity index (χ3n) is 3.50. The molecule has 5 heteroatoms. The van der Waals surface area contributed by atoms with Crippen molar-refractivity contribution in [2.24, 2.45) is 0 Å². The molecular weight excluding hydrogens is 248 g/mol. The van der Waals surface area contributed by atoms with E-state index in [1.54, 1.807) is 0 Å². The summed E-state index contributed by atoms with van der Waals surface area (Å²) in [6, 6.07) is 8.54. The van der Waals surface area contributed by atoms with Gasteiger partial charge in [-0.15, -0.1) is 0 Å². The lowest BCUT2D eigenvalue weighted by Gasteiger charge is -2.17. The molecule has 0 amide bonds. The topological polar surface area (TPSA) is 49.4 Å². The van der Waals surface area contributed by atoms with Crippen LogP contribution in [0.4, 0.5) is 5.69 Å². The molecule has 3 rings (SSSR count). The van der Waals surface area contributed by atoms with Crippen LogP contribution in [0.25, 0.3) is 0 Å². The summed E-state index contributed by atoms with van der Waals surface area (Å²) in [6.07, 6.45) is 3.29. The zero-order chi connectivity index (χ0) is 12.6. The van der Waals surface area contributed by atoms with Gasteiger partial charge in [-0.25, -0.2) is 8.42 Å². The highest BCUT2D eigenvalue weighted by Gasteiger charge is 2.28. The summed E-state index contributed by atoms with van der Waals surface area (Å²) >= 11 is 0. The molecule has 1 saturated carbocycles. The largest absolute Gasteiger partial charge is 0.310 e. The van der Waals surface area contributed by atoms with Crippen molar-refractivity contribution in [3.05, 3.63) is 29.8 Å². The fourth-order valence-corrected chi connectivity index (χ4v) is 3.82. The van der Waals surface area contributed by atoms with Gasteiger partial charge in [0.15, 0.2) is 0 Å². The van der Waals surface area contributed by atoms with Crippen LogP contribution in [0.3, 0.4) is 0 Å². The molecular formula is C13H18N2O2S. The lowest BCUT2D eigenvalue weighted by molar-refractivity contribution is 0.599. The second-order valence-electron chi connectivity index (χ2n) is 5.06. The maximum Gasteiger partial charge on any atom is 0.235 e. The number of sulfonamides is 1. The van der Waals surface area contributed by atoms with Crippen LogP contribution in [0.15, 0.2) is 24.3 Å². The second-order valence-corrected chi connectivity index (χ2v) is 7.08. The lowest BCUT2D eigenvalue weighted by Crippen LogP contribution is -2.25. The fraction of sp³-hybridized carbons (Fsp3) is 0.538. The first-order chi connectivity index (χ1) is 8.65. The standard InChI is InChI=1S/C13H18N2O2S/c16-18(17)9-1-8-15(18)13-6-2-11(3-7-13)10-14-12-4-5-12/h2-3,6-7,12,14H,1,4-5,8-10H2. The average Bonchev–Trinajstić information content (AvgIpc) is 3.11. The molecule has 1 heterocycles. The van der Waals surface area contributed by atoms with E-state index in [0.717, 1.165) is 18.7 Å². The second kappa shape index (κ2) is 4.55. The van der Waals surface area contributed by atoms with Gasteiger partial charge in [0.1, 0.15) is 0 Å². The van der Waals surface area contributed by atoms with Crippen LogP contribution in [-0.4, -0.2) is 26.8 Å². The van der Waals surface area contributed by atoms with Gasteiger partial charge in [0.2, 0.25) is 10.0 Å². The monoisotopic (exact) mass is 266 g/mol. The van der Waals surface area contributed by atoms with Gasteiger partial charge in [-0.2, -0.15) is 0 Å². The van der Waals surface area contributed by atoms with Crippen molar-refractivity contribution in [3.63, 3.8) is 0 Å². The minimum Gasteiger partial charge on any atom is -0.310 e. The Morgan fingerprint density at radius 1 is 1.22 bits per heavy atom. The van der Waals surface area contributed by atoms with E-state index < -0.39 is 10.0 Å². The summed E-state index contributed by atoms with van der Waals surface area (Å²) in [7, 11) is -3.05. The quantitative estimate of drug-likeness (QED) is 0.898. The van der Waals surface area contributed by atoms with E-state index in [9.17, 15) is 8.42 Å². The van der Waals surface area contributed by atoms with Gasteiger partial charge >= 0.3 is 0 Å². The molecule has 0 atom stereocenters. The van der Waals surface area contributed by atoms with Crippen molar-refractivity contribution in [1.82, 2.24) is 5.32 Å². The molecule has 1 aliphatic carbocycles.